The zero-order valence-electron chi connectivity index (χ0n) is 23.3. The SMILES string of the molecule is C=C(C1=C(C)C=CC2(C(C)C)CC12)N1CCN(c2ccc(CCCCN3CCCCCC3)cc2)CC1. The van der Waals surface area contributed by atoms with E-state index in [4.69, 9.17) is 0 Å². The van der Waals surface area contributed by atoms with Crippen LogP contribution in [0.4, 0.5) is 5.69 Å². The van der Waals surface area contributed by atoms with E-state index < -0.39 is 0 Å². The van der Waals surface area contributed by atoms with Crippen LogP contribution in [-0.2, 0) is 6.42 Å². The highest BCUT2D eigenvalue weighted by Crippen LogP contribution is 2.65. The number of likely N-dealkylation sites (tertiary alicyclic amines) is 1. The van der Waals surface area contributed by atoms with Crippen molar-refractivity contribution >= 4 is 5.69 Å². The Hall–Kier alpha value is -2.00. The summed E-state index contributed by atoms with van der Waals surface area (Å²) in [6.45, 7) is 19.9. The minimum Gasteiger partial charge on any atom is -0.368 e. The molecule has 0 bridgehead atoms. The molecule has 196 valence electrons. The lowest BCUT2D eigenvalue weighted by Crippen LogP contribution is -2.46. The summed E-state index contributed by atoms with van der Waals surface area (Å²) in [5.41, 5.74) is 7.54. The quantitative estimate of drug-likeness (QED) is 0.345. The van der Waals surface area contributed by atoms with Gasteiger partial charge in [-0.2, -0.15) is 0 Å². The molecule has 2 unspecified atom stereocenters. The van der Waals surface area contributed by atoms with Gasteiger partial charge < -0.3 is 14.7 Å². The third-order valence-electron chi connectivity index (χ3n) is 9.70. The van der Waals surface area contributed by atoms with Gasteiger partial charge in [0.1, 0.15) is 0 Å². The first-order valence-corrected chi connectivity index (χ1v) is 14.9. The molecular formula is C33H49N3. The fraction of sp³-hybridized carbons (Fsp3) is 0.636. The van der Waals surface area contributed by atoms with Gasteiger partial charge in [0.05, 0.1) is 0 Å². The molecule has 36 heavy (non-hydrogen) atoms. The van der Waals surface area contributed by atoms with Crippen molar-refractivity contribution in [3.63, 3.8) is 0 Å². The fourth-order valence-electron chi connectivity index (χ4n) is 7.06. The first kappa shape index (κ1) is 25.6. The van der Waals surface area contributed by atoms with Gasteiger partial charge in [0.15, 0.2) is 0 Å². The van der Waals surface area contributed by atoms with Gasteiger partial charge in [-0.25, -0.2) is 0 Å². The fourth-order valence-corrected chi connectivity index (χ4v) is 7.06. The lowest BCUT2D eigenvalue weighted by molar-refractivity contribution is 0.279. The number of allylic oxidation sites excluding steroid dienone is 4. The molecule has 2 heterocycles. The summed E-state index contributed by atoms with van der Waals surface area (Å²) in [4.78, 5) is 7.81. The van der Waals surface area contributed by atoms with Gasteiger partial charge in [-0.3, -0.25) is 0 Å². The molecule has 4 aliphatic rings. The lowest BCUT2D eigenvalue weighted by Gasteiger charge is -2.40. The van der Waals surface area contributed by atoms with E-state index >= 15 is 0 Å². The van der Waals surface area contributed by atoms with Crippen LogP contribution < -0.4 is 4.90 Å². The van der Waals surface area contributed by atoms with Crippen LogP contribution in [0.2, 0.25) is 0 Å². The Balaban J connectivity index is 1.07. The number of benzene rings is 1. The van der Waals surface area contributed by atoms with Gasteiger partial charge in [0.2, 0.25) is 0 Å². The molecule has 3 heteroatoms. The predicted molar refractivity (Wildman–Crippen MR) is 154 cm³/mol. The summed E-state index contributed by atoms with van der Waals surface area (Å²) in [6.07, 6.45) is 15.7. The topological polar surface area (TPSA) is 9.72 Å². The second-order valence-electron chi connectivity index (χ2n) is 12.3. The van der Waals surface area contributed by atoms with E-state index in [2.05, 4.69) is 78.5 Å². The van der Waals surface area contributed by atoms with Gasteiger partial charge in [0, 0.05) is 37.6 Å². The van der Waals surface area contributed by atoms with E-state index in [1.165, 1.54) is 93.5 Å². The summed E-state index contributed by atoms with van der Waals surface area (Å²) in [6, 6.07) is 9.45. The first-order chi connectivity index (χ1) is 17.5. The van der Waals surface area contributed by atoms with E-state index in [9.17, 15) is 0 Å². The van der Waals surface area contributed by atoms with Crippen LogP contribution in [0.25, 0.3) is 0 Å². The van der Waals surface area contributed by atoms with Crippen molar-refractivity contribution in [2.75, 3.05) is 50.7 Å². The molecule has 0 N–H and O–H groups in total. The molecule has 0 spiro atoms. The lowest BCUT2D eigenvalue weighted by atomic mass is 9.81. The average molecular weight is 488 g/mol. The number of unbranched alkanes of at least 4 members (excludes halogenated alkanes) is 1. The van der Waals surface area contributed by atoms with E-state index in [0.29, 0.717) is 17.3 Å². The Morgan fingerprint density at radius 1 is 0.944 bits per heavy atom. The highest BCUT2D eigenvalue weighted by Gasteiger charge is 2.57. The number of rotatable bonds is 9. The molecule has 1 saturated carbocycles. The smallest absolute Gasteiger partial charge is 0.0367 e. The van der Waals surface area contributed by atoms with Gasteiger partial charge in [0.25, 0.3) is 0 Å². The average Bonchev–Trinajstić information content (AvgIpc) is 3.68. The maximum atomic E-state index is 4.61. The van der Waals surface area contributed by atoms with Crippen LogP contribution in [0.1, 0.15) is 71.3 Å². The molecule has 3 fully saturated rings. The van der Waals surface area contributed by atoms with Gasteiger partial charge >= 0.3 is 0 Å². The standard InChI is InChI=1S/C33H49N3/c1-26(2)33-17-16-27(3)32(31(33)25-33)28(4)35-21-23-36(24-22-35)30-14-12-29(13-15-30)11-7-10-20-34-18-8-5-6-9-19-34/h12-17,26,31H,4-11,18-25H2,1-3H3. The predicted octanol–water partition coefficient (Wildman–Crippen LogP) is 7.07. The monoisotopic (exact) mass is 487 g/mol. The highest BCUT2D eigenvalue weighted by atomic mass is 15.3. The zero-order chi connectivity index (χ0) is 25.1. The molecule has 1 aromatic carbocycles. The van der Waals surface area contributed by atoms with Crippen LogP contribution >= 0.6 is 0 Å². The molecule has 1 aromatic rings. The normalized spacial score (nSPS) is 26.8. The van der Waals surface area contributed by atoms with E-state index in [1.54, 1.807) is 5.57 Å². The summed E-state index contributed by atoms with van der Waals surface area (Å²) in [5, 5.41) is 0. The molecule has 3 nitrogen and oxygen atoms in total. The molecule has 0 aromatic heterocycles. The summed E-state index contributed by atoms with van der Waals surface area (Å²) < 4.78 is 0. The zero-order valence-corrected chi connectivity index (χ0v) is 23.3. The van der Waals surface area contributed by atoms with E-state index in [1.807, 2.05) is 0 Å². The Kier molecular flexibility index (Phi) is 7.96. The van der Waals surface area contributed by atoms with Crippen molar-refractivity contribution in [2.24, 2.45) is 17.3 Å². The minimum absolute atomic E-state index is 0.397. The van der Waals surface area contributed by atoms with Crippen molar-refractivity contribution in [1.82, 2.24) is 9.80 Å². The van der Waals surface area contributed by atoms with Crippen molar-refractivity contribution < 1.29 is 0 Å². The Bertz CT molecular complexity index is 955. The minimum atomic E-state index is 0.397. The van der Waals surface area contributed by atoms with Gasteiger partial charge in [-0.1, -0.05) is 57.6 Å². The molecule has 0 radical (unpaired) electrons. The van der Waals surface area contributed by atoms with E-state index in [0.717, 1.165) is 26.2 Å². The number of hydrogen-bond donors (Lipinski definition) is 0. The molecular weight excluding hydrogens is 438 g/mol. The van der Waals surface area contributed by atoms with Crippen LogP contribution in [0, 0.1) is 17.3 Å². The van der Waals surface area contributed by atoms with Crippen LogP contribution in [0.15, 0.2) is 59.8 Å². The molecule has 2 saturated heterocycles. The van der Waals surface area contributed by atoms with Crippen molar-refractivity contribution in [3.05, 3.63) is 65.4 Å². The summed E-state index contributed by atoms with van der Waals surface area (Å²) in [5.74, 6) is 1.39. The summed E-state index contributed by atoms with van der Waals surface area (Å²) >= 11 is 0. The third kappa shape index (κ3) is 5.47. The second-order valence-corrected chi connectivity index (χ2v) is 12.3. The number of hydrogen-bond acceptors (Lipinski definition) is 3. The van der Waals surface area contributed by atoms with E-state index in [-0.39, 0.29) is 0 Å². The first-order valence-electron chi connectivity index (χ1n) is 14.9. The Morgan fingerprint density at radius 3 is 2.31 bits per heavy atom. The van der Waals surface area contributed by atoms with Crippen LogP contribution in [0.3, 0.4) is 0 Å². The van der Waals surface area contributed by atoms with Crippen LogP contribution in [0.5, 0.6) is 0 Å². The molecule has 5 rings (SSSR count). The number of fused-ring (bicyclic) bond motifs is 1. The molecule has 2 atom stereocenters. The van der Waals surface area contributed by atoms with Gasteiger partial charge in [-0.15, -0.1) is 0 Å². The maximum Gasteiger partial charge on any atom is 0.0367 e. The molecule has 2 aliphatic carbocycles. The number of piperazine rings is 1. The van der Waals surface area contributed by atoms with Crippen LogP contribution in [-0.4, -0.2) is 55.6 Å². The molecule has 0 amide bonds. The van der Waals surface area contributed by atoms with Crippen molar-refractivity contribution in [2.45, 2.75) is 72.1 Å². The Morgan fingerprint density at radius 2 is 1.64 bits per heavy atom. The molecule has 2 aliphatic heterocycles. The van der Waals surface area contributed by atoms with Crippen molar-refractivity contribution in [3.8, 4) is 0 Å². The maximum absolute atomic E-state index is 4.61. The highest BCUT2D eigenvalue weighted by molar-refractivity contribution is 5.51. The summed E-state index contributed by atoms with van der Waals surface area (Å²) in [7, 11) is 0. The van der Waals surface area contributed by atoms with Gasteiger partial charge in [-0.05, 0) is 111 Å². The number of anilines is 1. The third-order valence-corrected chi connectivity index (χ3v) is 9.70. The number of aryl methyl sites for hydroxylation is 1. The Labute approximate surface area is 220 Å². The second kappa shape index (κ2) is 11.2. The largest absolute Gasteiger partial charge is 0.368 e. The number of nitrogens with zero attached hydrogens (tertiary/aromatic N) is 3. The van der Waals surface area contributed by atoms with Crippen molar-refractivity contribution in [1.29, 1.82) is 0 Å².